The molecule has 5 heteroatoms. The number of hydrogen-bond donors (Lipinski definition) is 0. The highest BCUT2D eigenvalue weighted by molar-refractivity contribution is 6.17. The highest BCUT2D eigenvalue weighted by Gasteiger charge is 2.28. The summed E-state index contributed by atoms with van der Waals surface area (Å²) in [6.45, 7) is 9.79. The molecule has 2 aliphatic heterocycles. The Morgan fingerprint density at radius 3 is 2.63 bits per heavy atom. The van der Waals surface area contributed by atoms with Gasteiger partial charge in [-0.25, -0.2) is 0 Å². The summed E-state index contributed by atoms with van der Waals surface area (Å²) in [5, 5.41) is 0.777. The van der Waals surface area contributed by atoms with Crippen LogP contribution in [-0.2, 0) is 0 Å². The molecule has 0 aliphatic carbocycles. The molecule has 192 valence electrons. The zero-order valence-electron chi connectivity index (χ0n) is 21.7. The summed E-state index contributed by atoms with van der Waals surface area (Å²) >= 11 is 0. The minimum absolute atomic E-state index is 0.197. The number of nitrogens with zero attached hydrogens (tertiary/aromatic N) is 1. The topological polar surface area (TPSA) is 51.9 Å². The van der Waals surface area contributed by atoms with Crippen LogP contribution in [0.2, 0.25) is 0 Å². The normalized spacial score (nSPS) is 15.6. The van der Waals surface area contributed by atoms with Crippen LogP contribution in [0.3, 0.4) is 0 Å². The molecule has 5 nitrogen and oxygen atoms in total. The lowest BCUT2D eigenvalue weighted by Crippen LogP contribution is -2.33. The van der Waals surface area contributed by atoms with E-state index < -0.39 is 0 Å². The molecule has 6 rings (SSSR count). The predicted octanol–water partition coefficient (Wildman–Crippen LogP) is 7.50. The van der Waals surface area contributed by atoms with Crippen LogP contribution in [-0.4, -0.2) is 36.9 Å². The number of furan rings is 1. The van der Waals surface area contributed by atoms with E-state index in [0.29, 0.717) is 35.0 Å². The van der Waals surface area contributed by atoms with Crippen molar-refractivity contribution in [1.82, 2.24) is 4.90 Å². The number of rotatable bonds is 7. The molecule has 0 spiro atoms. The van der Waals surface area contributed by atoms with Gasteiger partial charge in [0.2, 0.25) is 5.78 Å². The fourth-order valence-corrected chi connectivity index (χ4v) is 5.43. The number of hydrogen-bond acceptors (Lipinski definition) is 5. The fraction of sp³-hybridized carbons (Fsp3) is 0.242. The number of ether oxygens (including phenoxy) is 2. The molecule has 0 saturated carbocycles. The second kappa shape index (κ2) is 10.3. The van der Waals surface area contributed by atoms with Crippen molar-refractivity contribution in [2.45, 2.75) is 26.2 Å². The summed E-state index contributed by atoms with van der Waals surface area (Å²) < 4.78 is 18.5. The van der Waals surface area contributed by atoms with Crippen molar-refractivity contribution < 1.29 is 18.7 Å². The molecule has 3 heterocycles. The standard InChI is InChI=1S/C33H31NO4/c1-22-20-23(2)37-32-27(22)14-15-28-30(32)29(24-10-5-3-6-11-24)33(38-28)31(35)25-12-9-13-26(21-25)36-19-18-34-16-7-4-8-17-34/h3,5-6,9-15,20-21H,2,4,7-8,16-19H2,1H3. The van der Waals surface area contributed by atoms with Crippen LogP contribution < -0.4 is 9.47 Å². The molecular weight excluding hydrogens is 474 g/mol. The number of carbonyl (C=O) groups is 1. The number of benzene rings is 3. The van der Waals surface area contributed by atoms with Crippen molar-refractivity contribution in [1.29, 1.82) is 0 Å². The highest BCUT2D eigenvalue weighted by atomic mass is 16.5. The molecule has 0 unspecified atom stereocenters. The van der Waals surface area contributed by atoms with Gasteiger partial charge in [-0.2, -0.15) is 0 Å². The molecule has 0 radical (unpaired) electrons. The van der Waals surface area contributed by atoms with E-state index in [4.69, 9.17) is 13.9 Å². The van der Waals surface area contributed by atoms with E-state index in [9.17, 15) is 4.79 Å². The van der Waals surface area contributed by atoms with Crippen LogP contribution in [0.4, 0.5) is 0 Å². The SMILES string of the molecule is C=C1C=C(C)c2ccc3oc(C(=O)c4cccc(OCCN5CCCCC5)c4)c(-c4ccccc4)c3c2O1. The van der Waals surface area contributed by atoms with Crippen molar-refractivity contribution in [3.8, 4) is 22.6 Å². The number of likely N-dealkylation sites (tertiary alicyclic amines) is 1. The molecule has 3 aromatic carbocycles. The first-order chi connectivity index (χ1) is 18.6. The quantitative estimate of drug-likeness (QED) is 0.243. The number of ketones is 1. The molecule has 4 aromatic rings. The molecule has 1 saturated heterocycles. The first kappa shape index (κ1) is 24.3. The van der Waals surface area contributed by atoms with Crippen molar-refractivity contribution >= 4 is 22.3 Å². The van der Waals surface area contributed by atoms with Gasteiger partial charge in [-0.15, -0.1) is 0 Å². The molecule has 1 fully saturated rings. The molecular formula is C33H31NO4. The van der Waals surface area contributed by atoms with Gasteiger partial charge in [0.15, 0.2) is 5.76 Å². The van der Waals surface area contributed by atoms with Crippen LogP contribution in [0, 0.1) is 0 Å². The highest BCUT2D eigenvalue weighted by Crippen LogP contribution is 2.46. The smallest absolute Gasteiger partial charge is 0.229 e. The fourth-order valence-electron chi connectivity index (χ4n) is 5.43. The van der Waals surface area contributed by atoms with E-state index in [2.05, 4.69) is 11.5 Å². The zero-order valence-corrected chi connectivity index (χ0v) is 21.7. The average Bonchev–Trinajstić information content (AvgIpc) is 3.34. The van der Waals surface area contributed by atoms with Crippen molar-refractivity contribution in [3.63, 3.8) is 0 Å². The Hall–Kier alpha value is -4.09. The lowest BCUT2D eigenvalue weighted by atomic mass is 9.94. The number of carbonyl (C=O) groups excluding carboxylic acids is 1. The van der Waals surface area contributed by atoms with Gasteiger partial charge in [-0.1, -0.05) is 55.5 Å². The van der Waals surface area contributed by atoms with Crippen molar-refractivity contribution in [3.05, 3.63) is 102 Å². The lowest BCUT2D eigenvalue weighted by molar-refractivity contribution is 0.101. The first-order valence-electron chi connectivity index (χ1n) is 13.3. The summed E-state index contributed by atoms with van der Waals surface area (Å²) in [7, 11) is 0. The van der Waals surface area contributed by atoms with Gasteiger partial charge < -0.3 is 13.9 Å². The molecule has 2 aliphatic rings. The zero-order chi connectivity index (χ0) is 26.1. The third-order valence-electron chi connectivity index (χ3n) is 7.33. The number of piperidine rings is 1. The van der Waals surface area contributed by atoms with Gasteiger partial charge >= 0.3 is 0 Å². The second-order valence-corrected chi connectivity index (χ2v) is 9.99. The predicted molar refractivity (Wildman–Crippen MR) is 151 cm³/mol. The number of allylic oxidation sites excluding steroid dienone is 2. The molecule has 0 atom stereocenters. The van der Waals surface area contributed by atoms with E-state index in [1.807, 2.05) is 73.7 Å². The Bertz CT molecular complexity index is 1540. The Morgan fingerprint density at radius 2 is 1.82 bits per heavy atom. The van der Waals surface area contributed by atoms with E-state index in [1.54, 1.807) is 6.07 Å². The summed E-state index contributed by atoms with van der Waals surface area (Å²) in [5.41, 5.74) is 4.75. The van der Waals surface area contributed by atoms with Crippen LogP contribution in [0.25, 0.3) is 27.7 Å². The minimum Gasteiger partial charge on any atom is -0.492 e. The maximum absolute atomic E-state index is 14.0. The van der Waals surface area contributed by atoms with Gasteiger partial charge in [-0.05, 0) is 74.3 Å². The Balaban J connectivity index is 1.37. The molecule has 38 heavy (non-hydrogen) atoms. The monoisotopic (exact) mass is 505 g/mol. The van der Waals surface area contributed by atoms with E-state index in [0.717, 1.165) is 47.3 Å². The van der Waals surface area contributed by atoms with E-state index in [-0.39, 0.29) is 11.5 Å². The van der Waals surface area contributed by atoms with Gasteiger partial charge in [0.1, 0.15) is 29.4 Å². The average molecular weight is 506 g/mol. The summed E-state index contributed by atoms with van der Waals surface area (Å²) in [6, 6.07) is 21.1. The maximum atomic E-state index is 14.0. The summed E-state index contributed by atoms with van der Waals surface area (Å²) in [5.74, 6) is 2.00. The minimum atomic E-state index is -0.197. The Morgan fingerprint density at radius 1 is 1.00 bits per heavy atom. The largest absolute Gasteiger partial charge is 0.492 e. The molecule has 1 aromatic heterocycles. The van der Waals surface area contributed by atoms with Crippen molar-refractivity contribution in [2.75, 3.05) is 26.2 Å². The van der Waals surface area contributed by atoms with Gasteiger partial charge in [0, 0.05) is 23.2 Å². The third-order valence-corrected chi connectivity index (χ3v) is 7.33. The van der Waals surface area contributed by atoms with Crippen LogP contribution >= 0.6 is 0 Å². The van der Waals surface area contributed by atoms with Gasteiger partial charge in [0.05, 0.1) is 5.39 Å². The number of fused-ring (bicyclic) bond motifs is 3. The van der Waals surface area contributed by atoms with Crippen LogP contribution in [0.5, 0.6) is 11.5 Å². The van der Waals surface area contributed by atoms with Gasteiger partial charge in [0.25, 0.3) is 0 Å². The van der Waals surface area contributed by atoms with Gasteiger partial charge in [-0.3, -0.25) is 9.69 Å². The van der Waals surface area contributed by atoms with E-state index in [1.165, 1.54) is 19.3 Å². The second-order valence-electron chi connectivity index (χ2n) is 9.99. The Kier molecular flexibility index (Phi) is 6.61. The lowest BCUT2D eigenvalue weighted by Gasteiger charge is -2.26. The summed E-state index contributed by atoms with van der Waals surface area (Å²) in [4.78, 5) is 16.4. The molecule has 0 amide bonds. The van der Waals surface area contributed by atoms with Crippen LogP contribution in [0.15, 0.2) is 89.6 Å². The molecule has 0 bridgehead atoms. The first-order valence-corrected chi connectivity index (χ1v) is 13.3. The van der Waals surface area contributed by atoms with Crippen LogP contribution in [0.1, 0.15) is 47.9 Å². The van der Waals surface area contributed by atoms with Crippen molar-refractivity contribution in [2.24, 2.45) is 0 Å². The molecule has 0 N–H and O–H groups in total. The maximum Gasteiger partial charge on any atom is 0.229 e. The van der Waals surface area contributed by atoms with E-state index >= 15 is 0 Å². The summed E-state index contributed by atoms with van der Waals surface area (Å²) in [6.07, 6.45) is 5.74. The Labute approximate surface area is 223 Å². The third kappa shape index (κ3) is 4.66.